The van der Waals surface area contributed by atoms with Gasteiger partial charge in [0.15, 0.2) is 0 Å². The van der Waals surface area contributed by atoms with E-state index in [2.05, 4.69) is 43.2 Å². The molecule has 10 nitrogen and oxygen atoms in total. The number of rotatable bonds is 16. The molecule has 0 bridgehead atoms. The third-order valence-corrected chi connectivity index (χ3v) is 13.2. The van der Waals surface area contributed by atoms with Crippen LogP contribution >= 0.6 is 0 Å². The van der Waals surface area contributed by atoms with Crippen LogP contribution in [0.1, 0.15) is 113 Å². The van der Waals surface area contributed by atoms with Crippen LogP contribution in [0.15, 0.2) is 97.5 Å². The fourth-order valence-corrected chi connectivity index (χ4v) is 9.79. The number of carbonyl (C=O) groups is 3. The molecule has 1 N–H and O–H groups in total. The van der Waals surface area contributed by atoms with Crippen molar-refractivity contribution in [1.29, 1.82) is 0 Å². The standard InChI is InChI=1S/C48H57F2N7O3/c49-48(50)22-17-38(18-23-48)45(58)53-42(36-10-2-1-3-11-36)21-29-54-30-31-55(32-35-19-25-51-26-20-35)39(33-54)34-56(43-16-8-12-37-13-9-24-52-44(37)43)27-6-7-28-57-46(59)40-14-4-5-15-41(40)47(57)60/h1-5,9-11,13-15,19-20,24-26,38-39,42-43H,6-8,12,16-18,21-23,27-34H2,(H,53,58)/t39?,42-,43?/m0/s1. The lowest BCUT2D eigenvalue weighted by atomic mass is 9.86. The summed E-state index contributed by atoms with van der Waals surface area (Å²) < 4.78 is 27.9. The van der Waals surface area contributed by atoms with Crippen molar-refractivity contribution in [3.8, 4) is 0 Å². The molecule has 0 spiro atoms. The Bertz CT molecular complexity index is 2040. The van der Waals surface area contributed by atoms with Crippen molar-refractivity contribution < 1.29 is 23.2 Å². The number of fused-ring (bicyclic) bond motifs is 2. The second-order valence-electron chi connectivity index (χ2n) is 17.1. The zero-order valence-corrected chi connectivity index (χ0v) is 34.4. The van der Waals surface area contributed by atoms with Gasteiger partial charge in [0.25, 0.3) is 11.8 Å². The van der Waals surface area contributed by atoms with Gasteiger partial charge in [-0.1, -0.05) is 48.5 Å². The van der Waals surface area contributed by atoms with Crippen LogP contribution in [0.3, 0.4) is 0 Å². The van der Waals surface area contributed by atoms with Crippen LogP contribution < -0.4 is 5.32 Å². The molecule has 12 heteroatoms. The van der Waals surface area contributed by atoms with Crippen LogP contribution in [0.4, 0.5) is 8.78 Å². The Morgan fingerprint density at radius 3 is 2.33 bits per heavy atom. The van der Waals surface area contributed by atoms with Crippen LogP contribution in [0, 0.1) is 5.92 Å². The van der Waals surface area contributed by atoms with E-state index < -0.39 is 11.8 Å². The van der Waals surface area contributed by atoms with Gasteiger partial charge >= 0.3 is 0 Å². The van der Waals surface area contributed by atoms with Crippen molar-refractivity contribution in [2.75, 3.05) is 45.8 Å². The molecule has 2 unspecified atom stereocenters. The number of nitrogens with zero attached hydrogens (tertiary/aromatic N) is 6. The van der Waals surface area contributed by atoms with Gasteiger partial charge in [0.2, 0.25) is 11.8 Å². The maximum atomic E-state index is 14.0. The molecule has 2 aliphatic carbocycles. The van der Waals surface area contributed by atoms with Gasteiger partial charge in [-0.3, -0.25) is 39.1 Å². The third-order valence-electron chi connectivity index (χ3n) is 13.2. The van der Waals surface area contributed by atoms with E-state index in [1.165, 1.54) is 16.0 Å². The molecular weight excluding hydrogens is 761 g/mol. The molecule has 2 aliphatic heterocycles. The first kappa shape index (κ1) is 41.8. The highest BCUT2D eigenvalue weighted by Crippen LogP contribution is 2.37. The van der Waals surface area contributed by atoms with Crippen molar-refractivity contribution in [2.45, 2.75) is 94.8 Å². The maximum absolute atomic E-state index is 14.0. The van der Waals surface area contributed by atoms with Crippen LogP contribution in [-0.2, 0) is 17.8 Å². The number of amides is 3. The number of piperazine rings is 1. The highest BCUT2D eigenvalue weighted by atomic mass is 19.3. The van der Waals surface area contributed by atoms with Gasteiger partial charge in [0, 0.05) is 89.2 Å². The zero-order chi connectivity index (χ0) is 41.5. The molecule has 1 saturated heterocycles. The predicted octanol–water partition coefficient (Wildman–Crippen LogP) is 7.49. The Kier molecular flexibility index (Phi) is 13.4. The van der Waals surface area contributed by atoms with E-state index in [1.807, 2.05) is 55.0 Å². The molecule has 4 heterocycles. The lowest BCUT2D eigenvalue weighted by Gasteiger charge is -2.45. The number of halogens is 2. The Labute approximate surface area is 352 Å². The van der Waals surface area contributed by atoms with Crippen molar-refractivity contribution >= 4 is 17.7 Å². The molecule has 8 rings (SSSR count). The van der Waals surface area contributed by atoms with E-state index in [9.17, 15) is 23.2 Å². The SMILES string of the molecule is O=C(N[C@@H](CCN1CCN(Cc2ccncc2)C(CN(CCCCN2C(=O)c3ccccc3C2=O)C2CCCc3cccnc32)C1)c1ccccc1)C1CCC(F)(F)CC1. The number of aryl methyl sites for hydroxylation is 1. The smallest absolute Gasteiger partial charge is 0.261 e. The summed E-state index contributed by atoms with van der Waals surface area (Å²) in [5.74, 6) is -3.62. The minimum atomic E-state index is -2.68. The average Bonchev–Trinajstić information content (AvgIpc) is 3.52. The number of unbranched alkanes of at least 4 members (excludes halogenated alkanes) is 1. The van der Waals surface area contributed by atoms with Crippen LogP contribution in [0.25, 0.3) is 0 Å². The van der Waals surface area contributed by atoms with Gasteiger partial charge in [-0.2, -0.15) is 0 Å². The Morgan fingerprint density at radius 1 is 0.850 bits per heavy atom. The number of pyridine rings is 2. The predicted molar refractivity (Wildman–Crippen MR) is 226 cm³/mol. The van der Waals surface area contributed by atoms with E-state index in [0.717, 1.165) is 82.8 Å². The molecule has 3 amide bonds. The monoisotopic (exact) mass is 817 g/mol. The second-order valence-corrected chi connectivity index (χ2v) is 17.1. The second kappa shape index (κ2) is 19.2. The molecule has 2 aromatic carbocycles. The topological polar surface area (TPSA) is 102 Å². The fraction of sp³-hybridized carbons (Fsp3) is 0.479. The minimum Gasteiger partial charge on any atom is -0.349 e. The van der Waals surface area contributed by atoms with Crippen molar-refractivity contribution in [3.05, 3.63) is 131 Å². The quantitative estimate of drug-likeness (QED) is 0.0918. The summed E-state index contributed by atoms with van der Waals surface area (Å²) in [6, 6.07) is 25.6. The summed E-state index contributed by atoms with van der Waals surface area (Å²) in [6.45, 7) is 6.18. The Hall–Kier alpha value is -4.91. The number of nitrogens with one attached hydrogen (secondary N) is 1. The first-order valence-corrected chi connectivity index (χ1v) is 21.9. The first-order valence-electron chi connectivity index (χ1n) is 21.9. The lowest BCUT2D eigenvalue weighted by Crippen LogP contribution is -2.57. The molecule has 2 fully saturated rings. The Morgan fingerprint density at radius 2 is 1.58 bits per heavy atom. The molecule has 316 valence electrons. The molecule has 3 atom stereocenters. The summed E-state index contributed by atoms with van der Waals surface area (Å²) in [5, 5.41) is 3.28. The van der Waals surface area contributed by atoms with Crippen molar-refractivity contribution in [3.63, 3.8) is 0 Å². The maximum Gasteiger partial charge on any atom is 0.261 e. The van der Waals surface area contributed by atoms with Gasteiger partial charge in [-0.25, -0.2) is 8.78 Å². The third kappa shape index (κ3) is 9.99. The number of aromatic nitrogens is 2. The molecule has 4 aliphatic rings. The van der Waals surface area contributed by atoms with Gasteiger partial charge in [0.1, 0.15) is 0 Å². The van der Waals surface area contributed by atoms with E-state index in [-0.39, 0.29) is 61.5 Å². The van der Waals surface area contributed by atoms with Gasteiger partial charge in [-0.15, -0.1) is 0 Å². The fourth-order valence-electron chi connectivity index (χ4n) is 9.79. The van der Waals surface area contributed by atoms with Gasteiger partial charge in [-0.05, 0) is 105 Å². The number of hydrogen-bond donors (Lipinski definition) is 1. The van der Waals surface area contributed by atoms with Gasteiger partial charge < -0.3 is 10.2 Å². The summed E-state index contributed by atoms with van der Waals surface area (Å²) >= 11 is 0. The van der Waals surface area contributed by atoms with Crippen LogP contribution in [0.2, 0.25) is 0 Å². The van der Waals surface area contributed by atoms with Crippen LogP contribution in [0.5, 0.6) is 0 Å². The molecule has 2 aromatic heterocycles. The summed E-state index contributed by atoms with van der Waals surface area (Å²) in [5.41, 5.74) is 5.67. The van der Waals surface area contributed by atoms with Crippen molar-refractivity contribution in [2.24, 2.45) is 5.92 Å². The molecule has 60 heavy (non-hydrogen) atoms. The average molecular weight is 818 g/mol. The number of alkyl halides is 2. The van der Waals surface area contributed by atoms with Gasteiger partial charge in [0.05, 0.1) is 28.9 Å². The molecular formula is C48H57F2N7O3. The lowest BCUT2D eigenvalue weighted by molar-refractivity contribution is -0.130. The largest absolute Gasteiger partial charge is 0.349 e. The van der Waals surface area contributed by atoms with E-state index in [4.69, 9.17) is 4.98 Å². The van der Waals surface area contributed by atoms with Crippen LogP contribution in [-0.4, -0.2) is 105 Å². The highest BCUT2D eigenvalue weighted by molar-refractivity contribution is 6.21. The summed E-state index contributed by atoms with van der Waals surface area (Å²) in [6.07, 6.45) is 10.9. The molecule has 1 saturated carbocycles. The number of carbonyl (C=O) groups excluding carboxylic acids is 3. The highest BCUT2D eigenvalue weighted by Gasteiger charge is 2.39. The normalized spacial score (nSPS) is 21.5. The van der Waals surface area contributed by atoms with E-state index in [1.54, 1.807) is 24.3 Å². The summed E-state index contributed by atoms with van der Waals surface area (Å²) in [4.78, 5) is 58.1. The van der Waals surface area contributed by atoms with Crippen molar-refractivity contribution in [1.82, 2.24) is 34.9 Å². The first-order chi connectivity index (χ1) is 29.2. The minimum absolute atomic E-state index is 0.126. The molecule has 0 radical (unpaired) electrons. The number of benzene rings is 2. The molecule has 4 aromatic rings. The zero-order valence-electron chi connectivity index (χ0n) is 34.4. The van der Waals surface area contributed by atoms with E-state index in [0.29, 0.717) is 30.5 Å². The van der Waals surface area contributed by atoms with E-state index >= 15 is 0 Å². The number of imide groups is 1. The summed E-state index contributed by atoms with van der Waals surface area (Å²) in [7, 11) is 0. The Balaban J connectivity index is 0.979. The number of hydrogen-bond acceptors (Lipinski definition) is 8.